The number of hydrogen-bond donors (Lipinski definition) is 2. The molecule has 7 heteroatoms. The largest absolute Gasteiger partial charge is 0.444 e. The van der Waals surface area contributed by atoms with Gasteiger partial charge in [-0.15, -0.1) is 0 Å². The smallest absolute Gasteiger partial charge is 0.408 e. The number of alkyl carbamates (subject to hydrolysis) is 1. The normalized spacial score (nSPS) is 12.9. The summed E-state index contributed by atoms with van der Waals surface area (Å²) in [6, 6.07) is 17.6. The molecule has 0 radical (unpaired) electrons. The van der Waals surface area contributed by atoms with Crippen molar-refractivity contribution in [2.45, 2.75) is 66.2 Å². The summed E-state index contributed by atoms with van der Waals surface area (Å²) in [7, 11) is 0. The number of aryl methyl sites for hydroxylation is 2. The number of benzene rings is 3. The van der Waals surface area contributed by atoms with Crippen LogP contribution in [0.2, 0.25) is 0 Å². The minimum Gasteiger partial charge on any atom is -0.444 e. The molecule has 196 valence electrons. The van der Waals surface area contributed by atoms with Gasteiger partial charge in [0.2, 0.25) is 5.91 Å². The van der Waals surface area contributed by atoms with Crippen molar-refractivity contribution in [2.24, 2.45) is 0 Å². The molecule has 0 aromatic heterocycles. The predicted octanol–water partition coefficient (Wildman–Crippen LogP) is 5.90. The highest BCUT2D eigenvalue weighted by Gasteiger charge is 2.35. The molecule has 0 bridgehead atoms. The van der Waals surface area contributed by atoms with Gasteiger partial charge in [-0.05, 0) is 88.1 Å². The number of nitrogens with zero attached hydrogens (tertiary/aromatic N) is 1. The van der Waals surface area contributed by atoms with Crippen LogP contribution in [0.3, 0.4) is 0 Å². The molecule has 0 fully saturated rings. The van der Waals surface area contributed by atoms with E-state index in [2.05, 4.69) is 10.6 Å². The molecule has 3 rings (SSSR count). The van der Waals surface area contributed by atoms with E-state index >= 15 is 0 Å². The minimum absolute atomic E-state index is 0.267. The topological polar surface area (TPSA) is 87.7 Å². The molecule has 7 nitrogen and oxygen atoms in total. The Morgan fingerprint density at radius 2 is 1.54 bits per heavy atom. The molecule has 2 unspecified atom stereocenters. The van der Waals surface area contributed by atoms with E-state index < -0.39 is 23.8 Å². The lowest BCUT2D eigenvalue weighted by molar-refractivity contribution is -0.140. The summed E-state index contributed by atoms with van der Waals surface area (Å²) >= 11 is 0. The molecule has 2 N–H and O–H groups in total. The average molecular weight is 504 g/mol. The zero-order chi connectivity index (χ0) is 27.3. The molecular weight excluding hydrogens is 466 g/mol. The van der Waals surface area contributed by atoms with Gasteiger partial charge in [-0.3, -0.25) is 9.59 Å². The fraction of sp³-hybridized carbons (Fsp3) is 0.367. The van der Waals surface area contributed by atoms with Crippen molar-refractivity contribution in [3.63, 3.8) is 0 Å². The van der Waals surface area contributed by atoms with E-state index in [0.717, 1.165) is 27.5 Å². The Kier molecular flexibility index (Phi) is 8.58. The van der Waals surface area contributed by atoms with Gasteiger partial charge >= 0.3 is 6.09 Å². The van der Waals surface area contributed by atoms with Gasteiger partial charge in [0.15, 0.2) is 0 Å². The van der Waals surface area contributed by atoms with Gasteiger partial charge in [0.05, 0.1) is 0 Å². The molecule has 0 heterocycles. The Labute approximate surface area is 219 Å². The van der Waals surface area contributed by atoms with Crippen molar-refractivity contribution in [2.75, 3.05) is 11.9 Å². The first-order valence-electron chi connectivity index (χ1n) is 12.6. The van der Waals surface area contributed by atoms with Crippen LogP contribution in [0.5, 0.6) is 0 Å². The molecule has 3 aromatic rings. The van der Waals surface area contributed by atoms with Gasteiger partial charge < -0.3 is 20.3 Å². The van der Waals surface area contributed by atoms with Crippen molar-refractivity contribution in [1.82, 2.24) is 10.2 Å². The standard InChI is InChI=1S/C30H37N3O4/c1-8-33(28(35)21(4)31-29(36)37-30(5,6)7)26(25-19(2)12-11-13-20(25)3)27(34)32-24-17-16-22-14-9-10-15-23(22)18-24/h9-18,21,26H,8H2,1-7H3,(H,31,36)(H,32,34). The van der Waals surface area contributed by atoms with Crippen molar-refractivity contribution < 1.29 is 19.1 Å². The van der Waals surface area contributed by atoms with E-state index in [1.54, 1.807) is 27.7 Å². The third kappa shape index (κ3) is 6.88. The Balaban J connectivity index is 1.95. The molecule has 3 aromatic carbocycles. The summed E-state index contributed by atoms with van der Waals surface area (Å²) in [6.45, 7) is 12.8. The van der Waals surface area contributed by atoms with Crippen LogP contribution in [0.15, 0.2) is 60.7 Å². The highest BCUT2D eigenvalue weighted by Crippen LogP contribution is 2.30. The van der Waals surface area contributed by atoms with Crippen LogP contribution in [-0.4, -0.2) is 41.0 Å². The Morgan fingerprint density at radius 3 is 2.14 bits per heavy atom. The van der Waals surface area contributed by atoms with Gasteiger partial charge in [-0.2, -0.15) is 0 Å². The number of amides is 3. The van der Waals surface area contributed by atoms with Crippen LogP contribution in [0.1, 0.15) is 57.4 Å². The van der Waals surface area contributed by atoms with Crippen molar-refractivity contribution in [3.8, 4) is 0 Å². The third-order valence-electron chi connectivity index (χ3n) is 6.12. The second kappa shape index (κ2) is 11.5. The highest BCUT2D eigenvalue weighted by molar-refractivity contribution is 6.00. The molecule has 0 aliphatic rings. The zero-order valence-corrected chi connectivity index (χ0v) is 22.7. The van der Waals surface area contributed by atoms with Crippen LogP contribution < -0.4 is 10.6 Å². The molecule has 0 saturated carbocycles. The van der Waals surface area contributed by atoms with Crippen molar-refractivity contribution >= 4 is 34.4 Å². The quantitative estimate of drug-likeness (QED) is 0.420. The van der Waals surface area contributed by atoms with E-state index in [-0.39, 0.29) is 18.4 Å². The van der Waals surface area contributed by atoms with E-state index in [1.165, 1.54) is 4.90 Å². The maximum absolute atomic E-state index is 13.9. The number of carbonyl (C=O) groups excluding carboxylic acids is 3. The number of anilines is 1. The second-order valence-corrected chi connectivity index (χ2v) is 10.3. The van der Waals surface area contributed by atoms with E-state index in [9.17, 15) is 14.4 Å². The van der Waals surface area contributed by atoms with Gasteiger partial charge in [0.25, 0.3) is 5.91 Å². The van der Waals surface area contributed by atoms with Gasteiger partial charge in [-0.25, -0.2) is 4.79 Å². The zero-order valence-electron chi connectivity index (χ0n) is 22.7. The maximum atomic E-state index is 13.9. The average Bonchev–Trinajstić information content (AvgIpc) is 2.81. The predicted molar refractivity (Wildman–Crippen MR) is 147 cm³/mol. The maximum Gasteiger partial charge on any atom is 0.408 e. The van der Waals surface area contributed by atoms with Crippen molar-refractivity contribution in [3.05, 3.63) is 77.4 Å². The Bertz CT molecular complexity index is 1280. The molecular formula is C30H37N3O4. The summed E-state index contributed by atoms with van der Waals surface area (Å²) in [5.74, 6) is -0.706. The van der Waals surface area contributed by atoms with E-state index in [1.807, 2.05) is 81.4 Å². The molecule has 0 spiro atoms. The van der Waals surface area contributed by atoms with Gasteiger partial charge in [0, 0.05) is 12.2 Å². The molecule has 37 heavy (non-hydrogen) atoms. The minimum atomic E-state index is -0.895. The van der Waals surface area contributed by atoms with Crippen LogP contribution in [0.4, 0.5) is 10.5 Å². The molecule has 0 aliphatic heterocycles. The third-order valence-corrected chi connectivity index (χ3v) is 6.12. The lowest BCUT2D eigenvalue weighted by Crippen LogP contribution is -2.51. The van der Waals surface area contributed by atoms with Crippen LogP contribution in [0.25, 0.3) is 10.8 Å². The summed E-state index contributed by atoms with van der Waals surface area (Å²) in [4.78, 5) is 41.3. The number of fused-ring (bicyclic) bond motifs is 1. The second-order valence-electron chi connectivity index (χ2n) is 10.3. The first-order valence-corrected chi connectivity index (χ1v) is 12.6. The summed E-state index contributed by atoms with van der Waals surface area (Å²) < 4.78 is 5.32. The number of ether oxygens (including phenoxy) is 1. The van der Waals surface area contributed by atoms with E-state index in [0.29, 0.717) is 5.69 Å². The monoisotopic (exact) mass is 503 g/mol. The van der Waals surface area contributed by atoms with Crippen LogP contribution in [-0.2, 0) is 14.3 Å². The Hall–Kier alpha value is -3.87. The first-order chi connectivity index (χ1) is 17.4. The molecule has 3 amide bonds. The Morgan fingerprint density at radius 1 is 0.919 bits per heavy atom. The van der Waals surface area contributed by atoms with Crippen LogP contribution >= 0.6 is 0 Å². The van der Waals surface area contributed by atoms with Gasteiger partial charge in [0.1, 0.15) is 17.7 Å². The number of nitrogens with one attached hydrogen (secondary N) is 2. The van der Waals surface area contributed by atoms with Crippen molar-refractivity contribution in [1.29, 1.82) is 0 Å². The fourth-order valence-corrected chi connectivity index (χ4v) is 4.43. The fourth-order valence-electron chi connectivity index (χ4n) is 4.43. The summed E-state index contributed by atoms with van der Waals surface area (Å²) in [5.41, 5.74) is 2.51. The lowest BCUT2D eigenvalue weighted by Gasteiger charge is -2.34. The first kappa shape index (κ1) is 27.7. The number of likely N-dealkylation sites (N-methyl/N-ethyl adjacent to an activating group) is 1. The van der Waals surface area contributed by atoms with Gasteiger partial charge in [-0.1, -0.05) is 48.5 Å². The lowest BCUT2D eigenvalue weighted by atomic mass is 9.93. The molecule has 0 saturated heterocycles. The highest BCUT2D eigenvalue weighted by atomic mass is 16.6. The van der Waals surface area contributed by atoms with Crippen LogP contribution in [0, 0.1) is 13.8 Å². The number of rotatable bonds is 7. The summed E-state index contributed by atoms with van der Waals surface area (Å²) in [5, 5.41) is 7.70. The molecule has 0 aliphatic carbocycles. The van der Waals surface area contributed by atoms with E-state index in [4.69, 9.17) is 4.74 Å². The number of hydrogen-bond acceptors (Lipinski definition) is 4. The number of carbonyl (C=O) groups is 3. The molecule has 2 atom stereocenters. The summed E-state index contributed by atoms with van der Waals surface area (Å²) in [6.07, 6.45) is -0.686. The SMILES string of the molecule is CCN(C(=O)C(C)NC(=O)OC(C)(C)C)C(C(=O)Nc1ccc2ccccc2c1)c1c(C)cccc1C.